The number of carbonyl (C=O) groups is 1. The van der Waals surface area contributed by atoms with Crippen molar-refractivity contribution < 1.29 is 18.7 Å². The molecule has 1 aliphatic rings. The van der Waals surface area contributed by atoms with Crippen molar-refractivity contribution in [2.75, 3.05) is 44.4 Å². The number of morpholine rings is 1. The van der Waals surface area contributed by atoms with Crippen LogP contribution >= 0.6 is 0 Å². The number of benzene rings is 1. The Labute approximate surface area is 168 Å². The minimum absolute atomic E-state index is 0.177. The van der Waals surface area contributed by atoms with Crippen molar-refractivity contribution in [1.29, 1.82) is 0 Å². The molecule has 0 unspecified atom stereocenters. The molecule has 2 aromatic rings. The van der Waals surface area contributed by atoms with Crippen LogP contribution in [0.15, 0.2) is 29.1 Å². The maximum atomic E-state index is 12.8. The second-order valence-electron chi connectivity index (χ2n) is 6.71. The molecule has 1 fully saturated rings. The van der Waals surface area contributed by atoms with Crippen LogP contribution in [-0.4, -0.2) is 55.3 Å². The lowest BCUT2D eigenvalue weighted by Gasteiger charge is -2.27. The molecule has 1 aromatic carbocycles. The summed E-state index contributed by atoms with van der Waals surface area (Å²) in [6.45, 7) is 4.95. The number of aromatic nitrogens is 2. The first kappa shape index (κ1) is 20.8. The third-order valence-corrected chi connectivity index (χ3v) is 4.63. The van der Waals surface area contributed by atoms with Crippen molar-refractivity contribution in [1.82, 2.24) is 15.3 Å². The Morgan fingerprint density at radius 3 is 2.72 bits per heavy atom. The van der Waals surface area contributed by atoms with Crippen molar-refractivity contribution in [2.24, 2.45) is 0 Å². The number of H-pyrrole nitrogens is 1. The van der Waals surface area contributed by atoms with Gasteiger partial charge in [-0.05, 0) is 37.6 Å². The minimum atomic E-state index is -0.330. The predicted molar refractivity (Wildman–Crippen MR) is 106 cm³/mol. The molecule has 9 heteroatoms. The van der Waals surface area contributed by atoms with E-state index in [9.17, 15) is 14.0 Å². The molecule has 2 N–H and O–H groups in total. The summed E-state index contributed by atoms with van der Waals surface area (Å²) in [7, 11) is 0. The van der Waals surface area contributed by atoms with Gasteiger partial charge in [-0.15, -0.1) is 0 Å². The maximum Gasteiger partial charge on any atom is 0.255 e. The number of carbonyl (C=O) groups excluding carboxylic acids is 1. The Morgan fingerprint density at radius 2 is 2.03 bits per heavy atom. The Hall–Kier alpha value is -2.94. The number of nitrogens with one attached hydrogen (secondary N) is 2. The summed E-state index contributed by atoms with van der Waals surface area (Å²) in [5, 5.41) is 2.74. The highest BCUT2D eigenvalue weighted by Crippen LogP contribution is 2.12. The maximum absolute atomic E-state index is 12.8. The van der Waals surface area contributed by atoms with E-state index in [0.29, 0.717) is 62.2 Å². The zero-order chi connectivity index (χ0) is 20.6. The van der Waals surface area contributed by atoms with Crippen molar-refractivity contribution in [3.63, 3.8) is 0 Å². The fraction of sp³-hybridized carbons (Fsp3) is 0.450. The number of halogens is 1. The van der Waals surface area contributed by atoms with E-state index in [4.69, 9.17) is 9.47 Å². The lowest BCUT2D eigenvalue weighted by molar-refractivity contribution is -0.121. The van der Waals surface area contributed by atoms with Gasteiger partial charge in [-0.2, -0.15) is 0 Å². The number of ether oxygens (including phenoxy) is 2. The van der Waals surface area contributed by atoms with Gasteiger partial charge in [0.25, 0.3) is 5.56 Å². The van der Waals surface area contributed by atoms with Crippen LogP contribution in [0, 0.1) is 12.7 Å². The zero-order valence-corrected chi connectivity index (χ0v) is 16.4. The Bertz CT molecular complexity index is 879. The topological polar surface area (TPSA) is 96.6 Å². The second-order valence-corrected chi connectivity index (χ2v) is 6.71. The van der Waals surface area contributed by atoms with Gasteiger partial charge in [0.2, 0.25) is 11.9 Å². The molecule has 0 atom stereocenters. The number of aryl methyl sites for hydroxylation is 1. The first-order valence-electron chi connectivity index (χ1n) is 9.60. The number of hydrogen-bond acceptors (Lipinski definition) is 6. The molecular weight excluding hydrogens is 379 g/mol. The molecule has 0 aliphatic carbocycles. The van der Waals surface area contributed by atoms with E-state index >= 15 is 0 Å². The number of nitrogens with zero attached hydrogens (tertiary/aromatic N) is 2. The number of aromatic amines is 1. The van der Waals surface area contributed by atoms with Crippen LogP contribution in [0.5, 0.6) is 5.75 Å². The average Bonchev–Trinajstić information content (AvgIpc) is 2.72. The number of rotatable bonds is 8. The SMILES string of the molecule is Cc1nc(N2CCOCC2)[nH]c(=O)c1CCC(=O)NCCOc1ccc(F)cc1. The number of anilines is 1. The first-order valence-corrected chi connectivity index (χ1v) is 9.60. The molecule has 3 rings (SSSR count). The van der Waals surface area contributed by atoms with Crippen LogP contribution in [0.2, 0.25) is 0 Å². The molecular formula is C20H25FN4O4. The summed E-state index contributed by atoms with van der Waals surface area (Å²) in [5.74, 6) is 0.573. The van der Waals surface area contributed by atoms with Crippen molar-refractivity contribution in [3.05, 3.63) is 51.7 Å². The third-order valence-electron chi connectivity index (χ3n) is 4.63. The molecule has 1 amide bonds. The van der Waals surface area contributed by atoms with E-state index in [2.05, 4.69) is 15.3 Å². The monoisotopic (exact) mass is 404 g/mol. The normalized spacial score (nSPS) is 13.9. The van der Waals surface area contributed by atoms with Crippen molar-refractivity contribution in [3.8, 4) is 5.75 Å². The fourth-order valence-corrected chi connectivity index (χ4v) is 3.03. The highest BCUT2D eigenvalue weighted by molar-refractivity contribution is 5.76. The van der Waals surface area contributed by atoms with Gasteiger partial charge in [0.1, 0.15) is 18.2 Å². The third kappa shape index (κ3) is 6.02. The highest BCUT2D eigenvalue weighted by Gasteiger charge is 2.16. The van der Waals surface area contributed by atoms with Crippen molar-refractivity contribution in [2.45, 2.75) is 19.8 Å². The van der Waals surface area contributed by atoms with Crippen LogP contribution in [0.1, 0.15) is 17.7 Å². The zero-order valence-electron chi connectivity index (χ0n) is 16.4. The average molecular weight is 404 g/mol. The summed E-state index contributed by atoms with van der Waals surface area (Å²) in [4.78, 5) is 33.7. The molecule has 0 spiro atoms. The van der Waals surface area contributed by atoms with Gasteiger partial charge in [-0.1, -0.05) is 0 Å². The van der Waals surface area contributed by atoms with Gasteiger partial charge in [-0.3, -0.25) is 14.6 Å². The van der Waals surface area contributed by atoms with Crippen LogP contribution in [0.25, 0.3) is 0 Å². The Morgan fingerprint density at radius 1 is 1.31 bits per heavy atom. The van der Waals surface area contributed by atoms with Crippen LogP contribution in [-0.2, 0) is 16.0 Å². The summed E-state index contributed by atoms with van der Waals surface area (Å²) in [6.07, 6.45) is 0.487. The molecule has 29 heavy (non-hydrogen) atoms. The van der Waals surface area contributed by atoms with E-state index in [-0.39, 0.29) is 30.3 Å². The van der Waals surface area contributed by atoms with Crippen LogP contribution in [0.3, 0.4) is 0 Å². The molecule has 1 aliphatic heterocycles. The van der Waals surface area contributed by atoms with Gasteiger partial charge in [0.05, 0.1) is 19.8 Å². The fourth-order valence-electron chi connectivity index (χ4n) is 3.03. The molecule has 8 nitrogen and oxygen atoms in total. The van der Waals surface area contributed by atoms with Gasteiger partial charge in [0, 0.05) is 30.8 Å². The summed E-state index contributed by atoms with van der Waals surface area (Å²) < 4.78 is 23.6. The van der Waals surface area contributed by atoms with E-state index in [1.54, 1.807) is 6.92 Å². The van der Waals surface area contributed by atoms with Crippen molar-refractivity contribution >= 4 is 11.9 Å². The number of amides is 1. The summed E-state index contributed by atoms with van der Waals surface area (Å²) in [5.41, 5.74) is 0.925. The van der Waals surface area contributed by atoms with E-state index < -0.39 is 0 Å². The van der Waals surface area contributed by atoms with Gasteiger partial charge >= 0.3 is 0 Å². The van der Waals surface area contributed by atoms with Crippen LogP contribution in [0.4, 0.5) is 10.3 Å². The Balaban J connectivity index is 1.44. The lowest BCUT2D eigenvalue weighted by Crippen LogP contribution is -2.38. The van der Waals surface area contributed by atoms with Gasteiger partial charge in [0.15, 0.2) is 0 Å². The quantitative estimate of drug-likeness (QED) is 0.642. The first-order chi connectivity index (χ1) is 14.0. The minimum Gasteiger partial charge on any atom is -0.492 e. The standard InChI is InChI=1S/C20H25FN4O4/c1-14-17(19(27)24-20(23-14)25-9-12-28-13-10-25)6-7-18(26)22-8-11-29-16-4-2-15(21)3-5-16/h2-5H,6-13H2,1H3,(H,22,26)(H,23,24,27). The van der Waals surface area contributed by atoms with E-state index in [1.165, 1.54) is 24.3 Å². The van der Waals surface area contributed by atoms with E-state index in [0.717, 1.165) is 0 Å². The molecule has 0 radical (unpaired) electrons. The molecule has 1 saturated heterocycles. The molecule has 1 aromatic heterocycles. The van der Waals surface area contributed by atoms with E-state index in [1.807, 2.05) is 4.90 Å². The molecule has 156 valence electrons. The summed E-state index contributed by atoms with van der Waals surface area (Å²) in [6, 6.07) is 5.68. The number of hydrogen-bond donors (Lipinski definition) is 2. The molecule has 0 bridgehead atoms. The second kappa shape index (κ2) is 10.0. The van der Waals surface area contributed by atoms with Gasteiger partial charge in [-0.25, -0.2) is 9.37 Å². The molecule has 2 heterocycles. The van der Waals surface area contributed by atoms with Gasteiger partial charge < -0.3 is 19.7 Å². The smallest absolute Gasteiger partial charge is 0.255 e. The molecule has 0 saturated carbocycles. The van der Waals surface area contributed by atoms with Crippen LogP contribution < -0.4 is 20.5 Å². The lowest BCUT2D eigenvalue weighted by atomic mass is 10.1. The highest BCUT2D eigenvalue weighted by atomic mass is 19.1. The summed E-state index contributed by atoms with van der Waals surface area (Å²) >= 11 is 0. The predicted octanol–water partition coefficient (Wildman–Crippen LogP) is 1.18. The Kier molecular flexibility index (Phi) is 7.18. The largest absolute Gasteiger partial charge is 0.492 e.